The van der Waals surface area contributed by atoms with E-state index in [0.717, 1.165) is 10.2 Å². The molecular formula is C11H12N6O. The molecule has 0 spiro atoms. The lowest BCUT2D eigenvalue weighted by Gasteiger charge is -2.04. The van der Waals surface area contributed by atoms with Gasteiger partial charge in [-0.1, -0.05) is 36.4 Å². The van der Waals surface area contributed by atoms with E-state index in [9.17, 15) is 4.79 Å². The number of anilines is 1. The van der Waals surface area contributed by atoms with Crippen LogP contribution in [0, 0.1) is 0 Å². The first-order valence-corrected chi connectivity index (χ1v) is 5.17. The summed E-state index contributed by atoms with van der Waals surface area (Å²) in [4.78, 5) is 11.8. The maximum Gasteiger partial charge on any atom is 0.299 e. The average molecular weight is 244 g/mol. The molecule has 2 aromatic rings. The van der Waals surface area contributed by atoms with Crippen LogP contribution < -0.4 is 22.7 Å². The lowest BCUT2D eigenvalue weighted by atomic mass is 10.2. The number of rotatable bonds is 3. The van der Waals surface area contributed by atoms with Crippen molar-refractivity contribution in [1.29, 1.82) is 0 Å². The minimum Gasteiger partial charge on any atom is -0.333 e. The van der Waals surface area contributed by atoms with Gasteiger partial charge >= 0.3 is 0 Å². The van der Waals surface area contributed by atoms with Gasteiger partial charge in [0, 0.05) is 0 Å². The molecular weight excluding hydrogens is 232 g/mol. The highest BCUT2D eigenvalue weighted by atomic mass is 16.1. The van der Waals surface area contributed by atoms with Crippen molar-refractivity contribution in [2.75, 3.05) is 11.3 Å². The summed E-state index contributed by atoms with van der Waals surface area (Å²) < 4.78 is 0.803. The fourth-order valence-electron chi connectivity index (χ4n) is 1.35. The first kappa shape index (κ1) is 11.8. The number of benzene rings is 1. The molecule has 0 saturated heterocycles. The molecule has 0 aliphatic heterocycles. The maximum atomic E-state index is 11.8. The monoisotopic (exact) mass is 244 g/mol. The van der Waals surface area contributed by atoms with E-state index in [2.05, 4.69) is 15.6 Å². The Kier molecular flexibility index (Phi) is 3.35. The molecule has 0 radical (unpaired) electrons. The summed E-state index contributed by atoms with van der Waals surface area (Å²) in [5.74, 6) is 10.6. The van der Waals surface area contributed by atoms with Crippen LogP contribution in [-0.2, 0) is 0 Å². The third kappa shape index (κ3) is 2.36. The van der Waals surface area contributed by atoms with Crippen LogP contribution in [0.4, 0.5) is 5.95 Å². The van der Waals surface area contributed by atoms with E-state index in [0.29, 0.717) is 0 Å². The van der Waals surface area contributed by atoms with Gasteiger partial charge in [-0.15, -0.1) is 10.2 Å². The van der Waals surface area contributed by atoms with Gasteiger partial charge in [-0.2, -0.15) is 4.68 Å². The standard InChI is InChI=1S/C11H12N6O/c12-14-11-16-15-9(10(18)17(11)13)7-6-8-4-2-1-3-5-8/h1-7H,12-13H2,(H,14,16)/b7-6+. The highest BCUT2D eigenvalue weighted by Crippen LogP contribution is 2.03. The van der Waals surface area contributed by atoms with Crippen LogP contribution in [0.5, 0.6) is 0 Å². The molecule has 1 aromatic carbocycles. The number of aromatic nitrogens is 3. The molecule has 0 aliphatic carbocycles. The van der Waals surface area contributed by atoms with Crippen LogP contribution in [0.15, 0.2) is 35.1 Å². The number of nitrogens with zero attached hydrogens (tertiary/aromatic N) is 3. The summed E-state index contributed by atoms with van der Waals surface area (Å²) in [6.45, 7) is 0. The molecule has 0 amide bonds. The Hall–Kier alpha value is -2.67. The molecule has 7 nitrogen and oxygen atoms in total. The number of hydrogen-bond donors (Lipinski definition) is 3. The normalized spacial score (nSPS) is 10.7. The number of hydrazine groups is 1. The number of nitrogens with two attached hydrogens (primary N) is 2. The van der Waals surface area contributed by atoms with Crippen LogP contribution in [0.3, 0.4) is 0 Å². The maximum absolute atomic E-state index is 11.8. The number of nitrogen functional groups attached to an aromatic ring is 2. The van der Waals surface area contributed by atoms with Crippen LogP contribution >= 0.6 is 0 Å². The van der Waals surface area contributed by atoms with Gasteiger partial charge in [0.2, 0.25) is 0 Å². The van der Waals surface area contributed by atoms with Crippen molar-refractivity contribution in [3.8, 4) is 0 Å². The molecule has 5 N–H and O–H groups in total. The van der Waals surface area contributed by atoms with Crippen molar-refractivity contribution in [2.45, 2.75) is 0 Å². The molecule has 0 fully saturated rings. The van der Waals surface area contributed by atoms with Crippen molar-refractivity contribution < 1.29 is 0 Å². The first-order chi connectivity index (χ1) is 8.72. The van der Waals surface area contributed by atoms with Crippen molar-refractivity contribution >= 4 is 18.1 Å². The molecule has 0 unspecified atom stereocenters. The third-order valence-electron chi connectivity index (χ3n) is 2.28. The molecule has 18 heavy (non-hydrogen) atoms. The second kappa shape index (κ2) is 5.11. The summed E-state index contributed by atoms with van der Waals surface area (Å²) in [5.41, 5.74) is 2.78. The molecule has 7 heteroatoms. The molecule has 0 atom stereocenters. The number of hydrogen-bond acceptors (Lipinski definition) is 6. The van der Waals surface area contributed by atoms with Crippen molar-refractivity contribution in [3.63, 3.8) is 0 Å². The van der Waals surface area contributed by atoms with Crippen LogP contribution in [0.1, 0.15) is 11.3 Å². The summed E-state index contributed by atoms with van der Waals surface area (Å²) >= 11 is 0. The molecule has 2 rings (SSSR count). The quantitative estimate of drug-likeness (QED) is 0.509. The van der Waals surface area contributed by atoms with E-state index in [1.54, 1.807) is 12.2 Å². The van der Waals surface area contributed by atoms with Gasteiger partial charge in [0.1, 0.15) is 0 Å². The molecule has 92 valence electrons. The largest absolute Gasteiger partial charge is 0.333 e. The predicted molar refractivity (Wildman–Crippen MR) is 69.6 cm³/mol. The zero-order valence-electron chi connectivity index (χ0n) is 9.45. The van der Waals surface area contributed by atoms with Crippen molar-refractivity contribution in [3.05, 3.63) is 51.9 Å². The first-order valence-electron chi connectivity index (χ1n) is 5.17. The Balaban J connectivity index is 2.34. The van der Waals surface area contributed by atoms with Crippen molar-refractivity contribution in [1.82, 2.24) is 14.9 Å². The lowest BCUT2D eigenvalue weighted by molar-refractivity contribution is 0.817. The van der Waals surface area contributed by atoms with E-state index >= 15 is 0 Å². The summed E-state index contributed by atoms with van der Waals surface area (Å²) in [6.07, 6.45) is 3.30. The van der Waals surface area contributed by atoms with Gasteiger partial charge in [-0.25, -0.2) is 5.84 Å². The average Bonchev–Trinajstić information content (AvgIpc) is 2.42. The van der Waals surface area contributed by atoms with Gasteiger partial charge in [-0.05, 0) is 11.6 Å². The minimum absolute atomic E-state index is 0.00291. The van der Waals surface area contributed by atoms with Crippen LogP contribution in [-0.4, -0.2) is 14.9 Å². The molecule has 1 aromatic heterocycles. The molecule has 0 aliphatic rings. The molecule has 0 saturated carbocycles. The fraction of sp³-hybridized carbons (Fsp3) is 0. The van der Waals surface area contributed by atoms with Crippen LogP contribution in [0.2, 0.25) is 0 Å². The Bertz CT molecular complexity index is 619. The second-order valence-corrected chi connectivity index (χ2v) is 3.47. The Morgan fingerprint density at radius 2 is 1.89 bits per heavy atom. The number of nitrogens with one attached hydrogen (secondary N) is 1. The Morgan fingerprint density at radius 1 is 1.17 bits per heavy atom. The third-order valence-corrected chi connectivity index (χ3v) is 2.28. The van der Waals surface area contributed by atoms with E-state index in [4.69, 9.17) is 11.7 Å². The van der Waals surface area contributed by atoms with Crippen LogP contribution in [0.25, 0.3) is 12.2 Å². The van der Waals surface area contributed by atoms with Gasteiger partial charge in [-0.3, -0.25) is 10.2 Å². The zero-order chi connectivity index (χ0) is 13.0. The lowest BCUT2D eigenvalue weighted by Crippen LogP contribution is -2.34. The second-order valence-electron chi connectivity index (χ2n) is 3.47. The topological polar surface area (TPSA) is 112 Å². The van der Waals surface area contributed by atoms with E-state index in [1.807, 2.05) is 30.3 Å². The fourth-order valence-corrected chi connectivity index (χ4v) is 1.35. The molecule has 1 heterocycles. The van der Waals surface area contributed by atoms with E-state index in [1.165, 1.54) is 0 Å². The zero-order valence-corrected chi connectivity index (χ0v) is 9.45. The van der Waals surface area contributed by atoms with Crippen molar-refractivity contribution in [2.24, 2.45) is 5.84 Å². The molecule has 0 bridgehead atoms. The predicted octanol–water partition coefficient (Wildman–Crippen LogP) is -0.192. The van der Waals surface area contributed by atoms with Gasteiger partial charge in [0.15, 0.2) is 5.69 Å². The minimum atomic E-state index is -0.481. The smallest absolute Gasteiger partial charge is 0.299 e. The Morgan fingerprint density at radius 3 is 2.56 bits per heavy atom. The Labute approximate surface area is 103 Å². The SMILES string of the molecule is NNc1nnc(/C=C/c2ccccc2)c(=O)n1N. The highest BCUT2D eigenvalue weighted by molar-refractivity contribution is 5.67. The van der Waals surface area contributed by atoms with Gasteiger partial charge in [0.05, 0.1) is 0 Å². The summed E-state index contributed by atoms with van der Waals surface area (Å²) in [5, 5.41) is 7.40. The van der Waals surface area contributed by atoms with Gasteiger partial charge in [0.25, 0.3) is 11.5 Å². The highest BCUT2D eigenvalue weighted by Gasteiger charge is 2.05. The van der Waals surface area contributed by atoms with Gasteiger partial charge < -0.3 is 5.84 Å². The van der Waals surface area contributed by atoms with E-state index < -0.39 is 5.56 Å². The summed E-state index contributed by atoms with van der Waals surface area (Å²) in [7, 11) is 0. The summed E-state index contributed by atoms with van der Waals surface area (Å²) in [6, 6.07) is 9.51. The van der Waals surface area contributed by atoms with E-state index in [-0.39, 0.29) is 11.6 Å².